The molecule has 0 heterocycles. The first kappa shape index (κ1) is 43.6. The van der Waals surface area contributed by atoms with Crippen molar-refractivity contribution in [2.24, 2.45) is 33.8 Å². The van der Waals surface area contributed by atoms with E-state index in [1.54, 1.807) is 13.8 Å². The number of rotatable bonds is 23. The van der Waals surface area contributed by atoms with Gasteiger partial charge >= 0.3 is 5.97 Å². The zero-order chi connectivity index (χ0) is 38.7. The third kappa shape index (κ3) is 17.7. The maximum absolute atomic E-state index is 13.5. The number of carboxylic acids is 1. The second-order valence-electron chi connectivity index (χ2n) is 12.3. The molecule has 19 heteroatoms. The molecular weight excluding hydrogens is 668 g/mol. The lowest BCUT2D eigenvalue weighted by Crippen LogP contribution is -2.60. The van der Waals surface area contributed by atoms with Crippen molar-refractivity contribution in [3.8, 4) is 5.75 Å². The van der Waals surface area contributed by atoms with E-state index < -0.39 is 78.1 Å². The summed E-state index contributed by atoms with van der Waals surface area (Å²) in [5, 5.41) is 31.7. The van der Waals surface area contributed by atoms with Gasteiger partial charge in [-0.3, -0.25) is 33.8 Å². The van der Waals surface area contributed by atoms with Crippen molar-refractivity contribution in [3.05, 3.63) is 29.8 Å². The summed E-state index contributed by atoms with van der Waals surface area (Å²) in [5.41, 5.74) is 22.5. The highest BCUT2D eigenvalue weighted by Gasteiger charge is 2.33. The van der Waals surface area contributed by atoms with Crippen LogP contribution in [0.5, 0.6) is 5.75 Å². The fourth-order valence-corrected chi connectivity index (χ4v) is 4.74. The van der Waals surface area contributed by atoms with Crippen molar-refractivity contribution in [3.63, 3.8) is 0 Å². The van der Waals surface area contributed by atoms with Gasteiger partial charge in [0.15, 0.2) is 5.96 Å². The van der Waals surface area contributed by atoms with Gasteiger partial charge in [0.25, 0.3) is 0 Å². The first-order chi connectivity index (χ1) is 23.9. The van der Waals surface area contributed by atoms with Gasteiger partial charge in [-0.1, -0.05) is 26.0 Å². The van der Waals surface area contributed by atoms with Crippen LogP contribution >= 0.6 is 0 Å². The van der Waals surface area contributed by atoms with Crippen molar-refractivity contribution < 1.29 is 43.8 Å². The molecular formula is C32H52N10O9. The molecule has 0 fully saturated rings. The fourth-order valence-electron chi connectivity index (χ4n) is 4.74. The van der Waals surface area contributed by atoms with Gasteiger partial charge in [-0.05, 0) is 55.7 Å². The topological polar surface area (TPSA) is 337 Å². The van der Waals surface area contributed by atoms with Gasteiger partial charge in [-0.15, -0.1) is 0 Å². The number of aliphatic carboxylic acids is 1. The summed E-state index contributed by atoms with van der Waals surface area (Å²) in [6, 6.07) is -0.795. The van der Waals surface area contributed by atoms with Gasteiger partial charge in [-0.2, -0.15) is 0 Å². The lowest BCUT2D eigenvalue weighted by Gasteiger charge is -2.27. The molecule has 284 valence electrons. The van der Waals surface area contributed by atoms with Gasteiger partial charge in [0.1, 0.15) is 29.9 Å². The Balaban J connectivity index is 3.12. The molecule has 1 aromatic carbocycles. The summed E-state index contributed by atoms with van der Waals surface area (Å²) >= 11 is 0. The number of benzene rings is 1. The van der Waals surface area contributed by atoms with Crippen LogP contribution in [-0.4, -0.2) is 101 Å². The molecule has 0 aromatic heterocycles. The number of carbonyl (C=O) groups excluding carboxylic acids is 6. The van der Waals surface area contributed by atoms with Crippen LogP contribution < -0.4 is 49.5 Å². The Labute approximate surface area is 296 Å². The largest absolute Gasteiger partial charge is 0.508 e. The predicted molar refractivity (Wildman–Crippen MR) is 186 cm³/mol. The number of nitrogens with two attached hydrogens (primary N) is 4. The van der Waals surface area contributed by atoms with Crippen molar-refractivity contribution in [1.29, 1.82) is 0 Å². The first-order valence-corrected chi connectivity index (χ1v) is 16.5. The average molecular weight is 721 g/mol. The number of aliphatic imine (C=N–C) groups is 1. The highest BCUT2D eigenvalue weighted by molar-refractivity contribution is 5.97. The minimum atomic E-state index is -1.58. The summed E-state index contributed by atoms with van der Waals surface area (Å²) < 4.78 is 0. The van der Waals surface area contributed by atoms with E-state index in [4.69, 9.17) is 22.9 Å². The molecule has 0 bridgehead atoms. The van der Waals surface area contributed by atoms with Gasteiger partial charge in [0, 0.05) is 26.4 Å². The second-order valence-corrected chi connectivity index (χ2v) is 12.3. The van der Waals surface area contributed by atoms with Crippen molar-refractivity contribution in [2.75, 3.05) is 13.1 Å². The Bertz CT molecular complexity index is 1380. The molecule has 0 saturated heterocycles. The molecule has 0 aliphatic rings. The molecule has 1 rings (SSSR count). The number of phenols is 1. The van der Waals surface area contributed by atoms with Gasteiger partial charge < -0.3 is 59.7 Å². The minimum Gasteiger partial charge on any atom is -0.508 e. The Morgan fingerprint density at radius 1 is 0.765 bits per heavy atom. The SMILES string of the molecule is CC(=O)NCCCC[C@H](NC(=O)[C@@H](N)CCCN=C(N)N)C(=O)N[C@@H](CC(N)=O)C(=O)N[C@H](C(=O)N[C@@H](Cc1ccc(O)cc1)C(=O)O)C(C)C. The normalized spacial score (nSPS) is 13.7. The lowest BCUT2D eigenvalue weighted by molar-refractivity contribution is -0.142. The Kier molecular flexibility index (Phi) is 19.0. The van der Waals surface area contributed by atoms with E-state index in [0.29, 0.717) is 31.4 Å². The van der Waals surface area contributed by atoms with Crippen LogP contribution in [0.15, 0.2) is 29.3 Å². The highest BCUT2D eigenvalue weighted by Crippen LogP contribution is 2.13. The van der Waals surface area contributed by atoms with Crippen LogP contribution in [0.4, 0.5) is 0 Å². The molecule has 0 aliphatic carbocycles. The summed E-state index contributed by atoms with van der Waals surface area (Å²) in [4.78, 5) is 92.1. The lowest BCUT2D eigenvalue weighted by atomic mass is 10.0. The zero-order valence-electron chi connectivity index (χ0n) is 29.1. The van der Waals surface area contributed by atoms with Crippen LogP contribution in [0.25, 0.3) is 0 Å². The van der Waals surface area contributed by atoms with E-state index in [0.717, 1.165) is 0 Å². The van der Waals surface area contributed by atoms with Gasteiger partial charge in [0.2, 0.25) is 35.4 Å². The number of phenolic OH excluding ortho intramolecular Hbond substituents is 1. The molecule has 15 N–H and O–H groups in total. The smallest absolute Gasteiger partial charge is 0.326 e. The molecule has 0 radical (unpaired) electrons. The second kappa shape index (κ2) is 22.3. The molecule has 0 spiro atoms. The summed E-state index contributed by atoms with van der Waals surface area (Å²) in [6.07, 6.45) is 0.629. The zero-order valence-corrected chi connectivity index (χ0v) is 29.1. The maximum Gasteiger partial charge on any atom is 0.326 e. The van der Waals surface area contributed by atoms with Gasteiger partial charge in [-0.25, -0.2) is 4.79 Å². The summed E-state index contributed by atoms with van der Waals surface area (Å²) in [5.74, 6) is -6.58. The number of guanidine groups is 1. The average Bonchev–Trinajstić information content (AvgIpc) is 3.04. The molecule has 0 unspecified atom stereocenters. The van der Waals surface area contributed by atoms with E-state index in [9.17, 15) is 43.8 Å². The molecule has 0 aliphatic heterocycles. The molecule has 19 nitrogen and oxygen atoms in total. The quantitative estimate of drug-likeness (QED) is 0.0310. The minimum absolute atomic E-state index is 0.0231. The fraction of sp³-hybridized carbons (Fsp3) is 0.562. The number of nitrogens with zero attached hydrogens (tertiary/aromatic N) is 1. The van der Waals surface area contributed by atoms with E-state index in [2.05, 4.69) is 31.6 Å². The van der Waals surface area contributed by atoms with Crippen LogP contribution in [0.1, 0.15) is 64.9 Å². The van der Waals surface area contributed by atoms with Crippen LogP contribution in [0, 0.1) is 5.92 Å². The molecule has 6 amide bonds. The number of aromatic hydroxyl groups is 1. The number of nitrogens with one attached hydrogen (secondary N) is 5. The summed E-state index contributed by atoms with van der Waals surface area (Å²) in [7, 11) is 0. The van der Waals surface area contributed by atoms with Crippen LogP contribution in [0.3, 0.4) is 0 Å². The van der Waals surface area contributed by atoms with Crippen molar-refractivity contribution >= 4 is 47.4 Å². The maximum atomic E-state index is 13.5. The number of hydrogen-bond acceptors (Lipinski definition) is 10. The number of amides is 6. The third-order valence-electron chi connectivity index (χ3n) is 7.51. The molecule has 0 saturated carbocycles. The standard InChI is InChI=1S/C32H52N10O9/c1-17(2)26(30(49)41-24(31(50)51)15-19-9-11-20(44)12-10-19)42-29(48)23(16-25(34)45)40-28(47)22(8-4-5-13-37-18(3)43)39-27(46)21(33)7-6-14-38-32(35)36/h9-12,17,21-24,26,44H,4-8,13-16,33H2,1-3H3,(H2,34,45)(H,37,43)(H,39,46)(H,40,47)(H,41,49)(H,42,48)(H,50,51)(H4,35,36,38)/t21-,22-,23-,24-,26-/m0/s1. The number of unbranched alkanes of at least 4 members (excludes halogenated alkanes) is 1. The van der Waals surface area contributed by atoms with Gasteiger partial charge in [0.05, 0.1) is 12.5 Å². The van der Waals surface area contributed by atoms with E-state index in [-0.39, 0.29) is 43.4 Å². The highest BCUT2D eigenvalue weighted by atomic mass is 16.4. The van der Waals surface area contributed by atoms with E-state index in [1.165, 1.54) is 31.2 Å². The summed E-state index contributed by atoms with van der Waals surface area (Å²) in [6.45, 7) is 5.07. The monoisotopic (exact) mass is 720 g/mol. The Hall–Kier alpha value is -5.46. The molecule has 5 atom stereocenters. The molecule has 1 aromatic rings. The van der Waals surface area contributed by atoms with E-state index >= 15 is 0 Å². The number of primary amides is 1. The third-order valence-corrected chi connectivity index (χ3v) is 7.51. The van der Waals surface area contributed by atoms with Crippen LogP contribution in [0.2, 0.25) is 0 Å². The number of carboxylic acid groups (broad SMARTS) is 1. The number of carbonyl (C=O) groups is 7. The molecule has 51 heavy (non-hydrogen) atoms. The van der Waals surface area contributed by atoms with E-state index in [1.807, 2.05) is 0 Å². The van der Waals surface area contributed by atoms with Crippen molar-refractivity contribution in [1.82, 2.24) is 26.6 Å². The Morgan fingerprint density at radius 3 is 1.90 bits per heavy atom. The number of hydrogen-bond donors (Lipinski definition) is 11. The van der Waals surface area contributed by atoms with Crippen LogP contribution in [-0.2, 0) is 40.0 Å². The first-order valence-electron chi connectivity index (χ1n) is 16.5. The Morgan fingerprint density at radius 2 is 1.35 bits per heavy atom. The van der Waals surface area contributed by atoms with Crippen molar-refractivity contribution in [2.45, 2.75) is 95.9 Å². The predicted octanol–water partition coefficient (Wildman–Crippen LogP) is -2.82.